The number of hydrogen-bond acceptors (Lipinski definition) is 2. The molecule has 0 saturated carbocycles. The number of carbonyl (C=O) groups excluding carboxylic acids is 2. The number of piperidine rings is 1. The summed E-state index contributed by atoms with van der Waals surface area (Å²) in [6.07, 6.45) is 1.23. The van der Waals surface area contributed by atoms with Crippen molar-refractivity contribution in [1.82, 2.24) is 4.90 Å². The molecule has 3 rings (SSSR count). The van der Waals surface area contributed by atoms with Gasteiger partial charge in [-0.2, -0.15) is 0 Å². The molecule has 3 nitrogen and oxygen atoms in total. The predicted octanol–water partition coefficient (Wildman–Crippen LogP) is 2.78. The first kappa shape index (κ1) is 12.8. The molecule has 0 aromatic heterocycles. The summed E-state index contributed by atoms with van der Waals surface area (Å²) in [5.41, 5.74) is 0.455. The Balaban J connectivity index is 2.04. The Morgan fingerprint density at radius 1 is 1.10 bits per heavy atom. The molecule has 0 spiro atoms. The zero-order valence-electron chi connectivity index (χ0n) is 10.9. The molecule has 1 aliphatic rings. The first-order chi connectivity index (χ1) is 9.66. The van der Waals surface area contributed by atoms with Crippen LogP contribution in [-0.4, -0.2) is 29.7 Å². The molecule has 0 aliphatic carbocycles. The van der Waals surface area contributed by atoms with E-state index in [9.17, 15) is 14.0 Å². The third-order valence-electron chi connectivity index (χ3n) is 3.64. The number of nitrogens with zero attached hydrogens (tertiary/aromatic N) is 1. The average molecular weight is 271 g/mol. The summed E-state index contributed by atoms with van der Waals surface area (Å²) in [5.74, 6) is -0.461. The smallest absolute Gasteiger partial charge is 0.254 e. The summed E-state index contributed by atoms with van der Waals surface area (Å²) >= 11 is 0. The Morgan fingerprint density at radius 3 is 2.60 bits per heavy atom. The van der Waals surface area contributed by atoms with E-state index >= 15 is 0 Å². The van der Waals surface area contributed by atoms with E-state index in [2.05, 4.69) is 0 Å². The van der Waals surface area contributed by atoms with E-state index in [1.807, 2.05) is 0 Å². The van der Waals surface area contributed by atoms with Crippen LogP contribution in [0.4, 0.5) is 4.39 Å². The molecular formula is C16H14FNO2. The van der Waals surface area contributed by atoms with Crippen LogP contribution < -0.4 is 0 Å². The summed E-state index contributed by atoms with van der Waals surface area (Å²) < 4.78 is 13.8. The number of carbonyl (C=O) groups is 2. The van der Waals surface area contributed by atoms with Crippen molar-refractivity contribution in [3.8, 4) is 0 Å². The van der Waals surface area contributed by atoms with Crippen LogP contribution in [0.15, 0.2) is 36.4 Å². The van der Waals surface area contributed by atoms with Crippen LogP contribution in [0, 0.1) is 5.82 Å². The third-order valence-corrected chi connectivity index (χ3v) is 3.64. The van der Waals surface area contributed by atoms with Gasteiger partial charge < -0.3 is 4.90 Å². The van der Waals surface area contributed by atoms with Crippen molar-refractivity contribution >= 4 is 22.5 Å². The van der Waals surface area contributed by atoms with Crippen LogP contribution >= 0.6 is 0 Å². The molecular weight excluding hydrogens is 257 g/mol. The van der Waals surface area contributed by atoms with Crippen LogP contribution in [-0.2, 0) is 4.79 Å². The highest BCUT2D eigenvalue weighted by molar-refractivity contribution is 6.08. The maximum absolute atomic E-state index is 13.8. The second-order valence-electron chi connectivity index (χ2n) is 5.01. The molecule has 1 heterocycles. The van der Waals surface area contributed by atoms with E-state index in [1.54, 1.807) is 29.2 Å². The van der Waals surface area contributed by atoms with Gasteiger partial charge in [-0.25, -0.2) is 4.39 Å². The van der Waals surface area contributed by atoms with Gasteiger partial charge in [0.1, 0.15) is 5.82 Å². The zero-order chi connectivity index (χ0) is 14.1. The van der Waals surface area contributed by atoms with Gasteiger partial charge in [0.25, 0.3) is 5.91 Å². The Morgan fingerprint density at radius 2 is 1.85 bits per heavy atom. The highest BCUT2D eigenvalue weighted by atomic mass is 19.1. The number of rotatable bonds is 1. The largest absolute Gasteiger partial charge is 0.331 e. The number of ketones is 1. The Hall–Kier alpha value is -2.23. The van der Waals surface area contributed by atoms with Crippen molar-refractivity contribution in [1.29, 1.82) is 0 Å². The van der Waals surface area contributed by atoms with Gasteiger partial charge in [-0.15, -0.1) is 0 Å². The highest BCUT2D eigenvalue weighted by Crippen LogP contribution is 2.23. The number of fused-ring (bicyclic) bond motifs is 1. The Labute approximate surface area is 116 Å². The molecule has 0 atom stereocenters. The molecule has 1 saturated heterocycles. The van der Waals surface area contributed by atoms with Crippen molar-refractivity contribution in [3.63, 3.8) is 0 Å². The molecule has 2 aromatic rings. The fraction of sp³-hybridized carbons (Fsp3) is 0.250. The van der Waals surface area contributed by atoms with Gasteiger partial charge in [-0.1, -0.05) is 24.3 Å². The summed E-state index contributed by atoms with van der Waals surface area (Å²) in [6.45, 7) is 0.737. The number of halogens is 1. The lowest BCUT2D eigenvalue weighted by Gasteiger charge is -2.26. The highest BCUT2D eigenvalue weighted by Gasteiger charge is 2.24. The predicted molar refractivity (Wildman–Crippen MR) is 74.1 cm³/mol. The van der Waals surface area contributed by atoms with E-state index in [1.165, 1.54) is 12.1 Å². The normalized spacial score (nSPS) is 15.7. The maximum Gasteiger partial charge on any atom is 0.254 e. The summed E-state index contributed by atoms with van der Waals surface area (Å²) in [5, 5.41) is 1.03. The SMILES string of the molecule is O=C1CCCN(C(=O)c2ccc(F)c3ccccc23)C1. The lowest BCUT2D eigenvalue weighted by Crippen LogP contribution is -2.40. The van der Waals surface area contributed by atoms with Crippen LogP contribution in [0.2, 0.25) is 0 Å². The molecule has 1 aliphatic heterocycles. The minimum Gasteiger partial charge on any atom is -0.331 e. The number of likely N-dealkylation sites (tertiary alicyclic amines) is 1. The first-order valence-electron chi connectivity index (χ1n) is 6.65. The summed E-state index contributed by atoms with van der Waals surface area (Å²) in [6, 6.07) is 9.71. The van der Waals surface area contributed by atoms with Crippen LogP contribution in [0.25, 0.3) is 10.8 Å². The molecule has 0 bridgehead atoms. The molecule has 102 valence electrons. The first-order valence-corrected chi connectivity index (χ1v) is 6.65. The quantitative estimate of drug-likeness (QED) is 0.799. The van der Waals surface area contributed by atoms with Gasteiger partial charge in [0.2, 0.25) is 0 Å². The monoisotopic (exact) mass is 271 g/mol. The molecule has 1 amide bonds. The number of Topliss-reactive ketones (excluding diaryl/α,β-unsaturated/α-hetero) is 1. The van der Waals surface area contributed by atoms with Crippen molar-refractivity contribution < 1.29 is 14.0 Å². The number of amides is 1. The molecule has 0 unspecified atom stereocenters. The molecule has 20 heavy (non-hydrogen) atoms. The lowest BCUT2D eigenvalue weighted by atomic mass is 10.0. The van der Waals surface area contributed by atoms with Gasteiger partial charge in [0, 0.05) is 23.9 Å². The minimum absolute atomic E-state index is 0.0796. The second kappa shape index (κ2) is 5.04. The van der Waals surface area contributed by atoms with E-state index in [0.29, 0.717) is 35.7 Å². The summed E-state index contributed by atoms with van der Waals surface area (Å²) in [7, 11) is 0. The second-order valence-corrected chi connectivity index (χ2v) is 5.01. The fourth-order valence-corrected chi connectivity index (χ4v) is 2.63. The molecule has 4 heteroatoms. The summed E-state index contributed by atoms with van der Waals surface area (Å²) in [4.78, 5) is 25.5. The van der Waals surface area contributed by atoms with Gasteiger partial charge in [0.15, 0.2) is 5.78 Å². The number of benzene rings is 2. The average Bonchev–Trinajstić information content (AvgIpc) is 2.47. The van der Waals surface area contributed by atoms with Crippen LogP contribution in [0.1, 0.15) is 23.2 Å². The van der Waals surface area contributed by atoms with Crippen molar-refractivity contribution in [2.24, 2.45) is 0 Å². The van der Waals surface area contributed by atoms with Crippen molar-refractivity contribution in [3.05, 3.63) is 47.8 Å². The van der Waals surface area contributed by atoms with Crippen molar-refractivity contribution in [2.75, 3.05) is 13.1 Å². The molecule has 0 radical (unpaired) electrons. The minimum atomic E-state index is -0.341. The van der Waals surface area contributed by atoms with E-state index in [0.717, 1.165) is 0 Å². The Bertz CT molecular complexity index is 696. The van der Waals surface area contributed by atoms with E-state index < -0.39 is 0 Å². The lowest BCUT2D eigenvalue weighted by molar-refractivity contribution is -0.121. The molecule has 1 fully saturated rings. The van der Waals surface area contributed by atoms with Gasteiger partial charge >= 0.3 is 0 Å². The maximum atomic E-state index is 13.8. The topological polar surface area (TPSA) is 37.4 Å². The molecule has 0 N–H and O–H groups in total. The zero-order valence-corrected chi connectivity index (χ0v) is 10.9. The third kappa shape index (κ3) is 2.18. The van der Waals surface area contributed by atoms with Crippen molar-refractivity contribution in [2.45, 2.75) is 12.8 Å². The standard InChI is InChI=1S/C16H14FNO2/c17-15-8-7-14(12-5-1-2-6-13(12)15)16(20)18-9-3-4-11(19)10-18/h1-2,5-8H,3-4,9-10H2. The molecule has 2 aromatic carbocycles. The Kier molecular flexibility index (Phi) is 3.22. The fourth-order valence-electron chi connectivity index (χ4n) is 2.63. The van der Waals surface area contributed by atoms with Gasteiger partial charge in [-0.05, 0) is 23.9 Å². The number of hydrogen-bond donors (Lipinski definition) is 0. The van der Waals surface area contributed by atoms with Gasteiger partial charge in [0.05, 0.1) is 6.54 Å². The van der Waals surface area contributed by atoms with E-state index in [4.69, 9.17) is 0 Å². The van der Waals surface area contributed by atoms with Crippen LogP contribution in [0.3, 0.4) is 0 Å². The van der Waals surface area contributed by atoms with E-state index in [-0.39, 0.29) is 24.1 Å². The van der Waals surface area contributed by atoms with Crippen LogP contribution in [0.5, 0.6) is 0 Å². The van der Waals surface area contributed by atoms with Gasteiger partial charge in [-0.3, -0.25) is 9.59 Å².